The molecule has 2 aromatic rings. The van der Waals surface area contributed by atoms with Gasteiger partial charge in [0.15, 0.2) is 6.61 Å². The van der Waals surface area contributed by atoms with Gasteiger partial charge in [-0.2, -0.15) is 0 Å². The first-order valence-electron chi connectivity index (χ1n) is 8.17. The standard InChI is InChI=1S/C18H21N5O4/c1-12-6-4-7-14(13(12)2)21-18(26)22-15(24)11-27-16(25)10-23(3)17-19-8-5-9-20-17/h4-9H,10-11H2,1-3H3,(H2,21,22,24,26). The fourth-order valence-electron chi connectivity index (χ4n) is 2.15. The number of aryl methyl sites for hydroxylation is 1. The van der Waals surface area contributed by atoms with Crippen molar-refractivity contribution in [3.8, 4) is 0 Å². The predicted octanol–water partition coefficient (Wildman–Crippen LogP) is 1.42. The number of imide groups is 1. The average Bonchev–Trinajstić information content (AvgIpc) is 2.64. The molecule has 3 amide bonds. The van der Waals surface area contributed by atoms with E-state index in [4.69, 9.17) is 4.74 Å². The summed E-state index contributed by atoms with van der Waals surface area (Å²) in [7, 11) is 1.62. The number of hydrogen-bond donors (Lipinski definition) is 2. The van der Waals surface area contributed by atoms with E-state index in [1.54, 1.807) is 37.6 Å². The molecule has 0 atom stereocenters. The van der Waals surface area contributed by atoms with Crippen LogP contribution in [-0.2, 0) is 14.3 Å². The van der Waals surface area contributed by atoms with E-state index in [-0.39, 0.29) is 6.54 Å². The number of nitrogens with zero attached hydrogens (tertiary/aromatic N) is 3. The van der Waals surface area contributed by atoms with Gasteiger partial charge in [0.2, 0.25) is 5.95 Å². The Morgan fingerprint density at radius 3 is 2.52 bits per heavy atom. The molecule has 0 radical (unpaired) electrons. The van der Waals surface area contributed by atoms with E-state index >= 15 is 0 Å². The van der Waals surface area contributed by atoms with E-state index in [1.807, 2.05) is 19.9 Å². The smallest absolute Gasteiger partial charge is 0.326 e. The van der Waals surface area contributed by atoms with E-state index in [0.29, 0.717) is 11.6 Å². The summed E-state index contributed by atoms with van der Waals surface area (Å²) < 4.78 is 4.86. The number of benzene rings is 1. The fraction of sp³-hybridized carbons (Fsp3) is 0.278. The van der Waals surface area contributed by atoms with Crippen LogP contribution in [-0.4, -0.2) is 48.1 Å². The number of anilines is 2. The molecule has 27 heavy (non-hydrogen) atoms. The lowest BCUT2D eigenvalue weighted by Gasteiger charge is -2.15. The zero-order valence-electron chi connectivity index (χ0n) is 15.4. The van der Waals surface area contributed by atoms with E-state index in [0.717, 1.165) is 11.1 Å². The third-order valence-corrected chi connectivity index (χ3v) is 3.73. The number of carbonyl (C=O) groups excluding carboxylic acids is 3. The quantitative estimate of drug-likeness (QED) is 0.738. The lowest BCUT2D eigenvalue weighted by atomic mass is 10.1. The van der Waals surface area contributed by atoms with Crippen molar-refractivity contribution in [2.45, 2.75) is 13.8 Å². The van der Waals surface area contributed by atoms with Crippen LogP contribution in [0.3, 0.4) is 0 Å². The van der Waals surface area contributed by atoms with Gasteiger partial charge >= 0.3 is 12.0 Å². The number of rotatable bonds is 6. The van der Waals surface area contributed by atoms with Gasteiger partial charge in [-0.05, 0) is 37.1 Å². The summed E-state index contributed by atoms with van der Waals surface area (Å²) >= 11 is 0. The Morgan fingerprint density at radius 1 is 1.11 bits per heavy atom. The Labute approximate surface area is 156 Å². The van der Waals surface area contributed by atoms with Crippen LogP contribution >= 0.6 is 0 Å². The molecule has 142 valence electrons. The second-order valence-electron chi connectivity index (χ2n) is 5.82. The van der Waals surface area contributed by atoms with Gasteiger partial charge in [-0.25, -0.2) is 14.8 Å². The van der Waals surface area contributed by atoms with Crippen molar-refractivity contribution in [1.82, 2.24) is 15.3 Å². The number of esters is 1. The zero-order chi connectivity index (χ0) is 19.8. The highest BCUT2D eigenvalue weighted by Crippen LogP contribution is 2.17. The predicted molar refractivity (Wildman–Crippen MR) is 99.3 cm³/mol. The van der Waals surface area contributed by atoms with Gasteiger partial charge in [0.05, 0.1) is 0 Å². The summed E-state index contributed by atoms with van der Waals surface area (Å²) in [5.74, 6) is -1.02. The molecule has 1 aromatic heterocycles. The van der Waals surface area contributed by atoms with Crippen LogP contribution in [0.4, 0.5) is 16.4 Å². The molecule has 0 spiro atoms. The molecular formula is C18H21N5O4. The molecule has 0 saturated heterocycles. The van der Waals surface area contributed by atoms with Crippen LogP contribution in [0.1, 0.15) is 11.1 Å². The molecular weight excluding hydrogens is 350 g/mol. The number of ether oxygens (including phenoxy) is 1. The second kappa shape index (κ2) is 9.27. The van der Waals surface area contributed by atoms with Gasteiger partial charge < -0.3 is 15.0 Å². The van der Waals surface area contributed by atoms with Gasteiger partial charge in [0, 0.05) is 25.1 Å². The van der Waals surface area contributed by atoms with Crippen molar-refractivity contribution < 1.29 is 19.1 Å². The SMILES string of the molecule is Cc1cccc(NC(=O)NC(=O)COC(=O)CN(C)c2ncccn2)c1C. The van der Waals surface area contributed by atoms with Crippen LogP contribution in [0.5, 0.6) is 0 Å². The zero-order valence-corrected chi connectivity index (χ0v) is 15.4. The molecule has 1 heterocycles. The highest BCUT2D eigenvalue weighted by atomic mass is 16.5. The van der Waals surface area contributed by atoms with E-state index in [1.165, 1.54) is 4.90 Å². The van der Waals surface area contributed by atoms with Crippen molar-refractivity contribution in [3.63, 3.8) is 0 Å². The maximum absolute atomic E-state index is 11.9. The van der Waals surface area contributed by atoms with Crippen molar-refractivity contribution in [1.29, 1.82) is 0 Å². The fourth-order valence-corrected chi connectivity index (χ4v) is 2.15. The maximum atomic E-state index is 11.9. The molecule has 2 N–H and O–H groups in total. The van der Waals surface area contributed by atoms with Crippen molar-refractivity contribution in [2.24, 2.45) is 0 Å². The summed E-state index contributed by atoms with van der Waals surface area (Å²) in [5.41, 5.74) is 2.51. The average molecular weight is 371 g/mol. The summed E-state index contributed by atoms with van der Waals surface area (Å²) in [6.45, 7) is 3.08. The highest BCUT2D eigenvalue weighted by Gasteiger charge is 2.14. The molecule has 0 saturated carbocycles. The Kier molecular flexibility index (Phi) is 6.81. The minimum atomic E-state index is -0.732. The molecule has 9 nitrogen and oxygen atoms in total. The summed E-state index contributed by atoms with van der Waals surface area (Å²) in [5, 5.41) is 4.70. The third-order valence-electron chi connectivity index (χ3n) is 3.73. The lowest BCUT2D eigenvalue weighted by Crippen LogP contribution is -2.38. The Hall–Kier alpha value is -3.49. The second-order valence-corrected chi connectivity index (χ2v) is 5.82. The number of nitrogens with one attached hydrogen (secondary N) is 2. The molecule has 0 fully saturated rings. The van der Waals surface area contributed by atoms with Crippen LogP contribution in [0, 0.1) is 13.8 Å². The van der Waals surface area contributed by atoms with Crippen LogP contribution in [0.15, 0.2) is 36.7 Å². The lowest BCUT2D eigenvalue weighted by molar-refractivity contribution is -0.146. The molecule has 0 bridgehead atoms. The van der Waals surface area contributed by atoms with Gasteiger partial charge in [0.1, 0.15) is 6.54 Å². The van der Waals surface area contributed by atoms with Gasteiger partial charge in [-0.3, -0.25) is 14.9 Å². The van der Waals surface area contributed by atoms with Crippen LogP contribution in [0.25, 0.3) is 0 Å². The van der Waals surface area contributed by atoms with Crippen LogP contribution in [0.2, 0.25) is 0 Å². The minimum Gasteiger partial charge on any atom is -0.454 e. The third kappa shape index (κ3) is 6.07. The monoisotopic (exact) mass is 371 g/mol. The van der Waals surface area contributed by atoms with Crippen molar-refractivity contribution in [3.05, 3.63) is 47.8 Å². The van der Waals surface area contributed by atoms with Gasteiger partial charge in [-0.15, -0.1) is 0 Å². The minimum absolute atomic E-state index is 0.133. The van der Waals surface area contributed by atoms with Gasteiger partial charge in [-0.1, -0.05) is 12.1 Å². The molecule has 0 aliphatic carbocycles. The largest absolute Gasteiger partial charge is 0.454 e. The van der Waals surface area contributed by atoms with Crippen molar-refractivity contribution >= 4 is 29.5 Å². The highest BCUT2D eigenvalue weighted by molar-refractivity contribution is 6.02. The maximum Gasteiger partial charge on any atom is 0.326 e. The number of aromatic nitrogens is 2. The molecule has 1 aromatic carbocycles. The summed E-state index contributed by atoms with van der Waals surface area (Å²) in [6.07, 6.45) is 3.10. The molecule has 0 unspecified atom stereocenters. The van der Waals surface area contributed by atoms with Crippen molar-refractivity contribution in [2.75, 3.05) is 30.4 Å². The molecule has 0 aliphatic heterocycles. The first kappa shape index (κ1) is 19.8. The van der Waals surface area contributed by atoms with Crippen LogP contribution < -0.4 is 15.5 Å². The van der Waals surface area contributed by atoms with E-state index < -0.39 is 24.5 Å². The Bertz CT molecular complexity index is 826. The van der Waals surface area contributed by atoms with E-state index in [2.05, 4.69) is 20.6 Å². The summed E-state index contributed by atoms with van der Waals surface area (Å²) in [4.78, 5) is 44.9. The number of likely N-dealkylation sites (N-methyl/N-ethyl adjacent to an activating group) is 1. The van der Waals surface area contributed by atoms with E-state index in [9.17, 15) is 14.4 Å². The summed E-state index contributed by atoms with van der Waals surface area (Å²) in [6, 6.07) is 6.41. The normalized spacial score (nSPS) is 10.0. The first-order valence-corrected chi connectivity index (χ1v) is 8.17. The number of urea groups is 1. The number of hydrogen-bond acceptors (Lipinski definition) is 7. The molecule has 0 aliphatic rings. The first-order chi connectivity index (χ1) is 12.9. The Balaban J connectivity index is 1.76. The van der Waals surface area contributed by atoms with Gasteiger partial charge in [0.25, 0.3) is 5.91 Å². The topological polar surface area (TPSA) is 114 Å². The Morgan fingerprint density at radius 2 is 1.81 bits per heavy atom. The number of amides is 3. The molecule has 2 rings (SSSR count). The molecule has 9 heteroatoms. The number of carbonyl (C=O) groups is 3.